The smallest absolute Gasteiger partial charge is 0.128 e. The summed E-state index contributed by atoms with van der Waals surface area (Å²) in [6.45, 7) is 6.42. The van der Waals surface area contributed by atoms with Crippen LogP contribution in [0.1, 0.15) is 23.2 Å². The van der Waals surface area contributed by atoms with E-state index >= 15 is 0 Å². The fourth-order valence-corrected chi connectivity index (χ4v) is 2.44. The van der Waals surface area contributed by atoms with Crippen LogP contribution in [0.2, 0.25) is 0 Å². The lowest BCUT2D eigenvalue weighted by Gasteiger charge is -2.14. The summed E-state index contributed by atoms with van der Waals surface area (Å²) in [4.78, 5) is 4.54. The molecule has 1 N–H and O–H groups in total. The molecule has 1 aromatic rings. The zero-order valence-electron chi connectivity index (χ0n) is 10.3. The van der Waals surface area contributed by atoms with E-state index in [0.717, 1.165) is 36.7 Å². The van der Waals surface area contributed by atoms with Crippen molar-refractivity contribution >= 4 is 0 Å². The predicted octanol–water partition coefficient (Wildman–Crippen LogP) is 1.86. The van der Waals surface area contributed by atoms with Gasteiger partial charge in [0.25, 0.3) is 0 Å². The zero-order chi connectivity index (χ0) is 11.5. The van der Waals surface area contributed by atoms with Gasteiger partial charge in [0.1, 0.15) is 5.75 Å². The van der Waals surface area contributed by atoms with E-state index in [2.05, 4.69) is 17.2 Å². The minimum atomic E-state index is 0.735. The van der Waals surface area contributed by atoms with Gasteiger partial charge in [0.15, 0.2) is 0 Å². The highest BCUT2D eigenvalue weighted by atomic mass is 16.5. The summed E-state index contributed by atoms with van der Waals surface area (Å²) in [6.07, 6.45) is 4.25. The van der Waals surface area contributed by atoms with Gasteiger partial charge in [-0.3, -0.25) is 4.98 Å². The molecular weight excluding hydrogens is 200 g/mol. The van der Waals surface area contributed by atoms with Crippen LogP contribution in [0.15, 0.2) is 6.20 Å². The lowest BCUT2D eigenvalue weighted by atomic mass is 9.98. The lowest BCUT2D eigenvalue weighted by Crippen LogP contribution is -2.12. The van der Waals surface area contributed by atoms with Gasteiger partial charge in [-0.2, -0.15) is 0 Å². The molecule has 1 fully saturated rings. The Morgan fingerprint density at radius 2 is 2.31 bits per heavy atom. The van der Waals surface area contributed by atoms with E-state index in [4.69, 9.17) is 4.74 Å². The van der Waals surface area contributed by atoms with Gasteiger partial charge in [-0.1, -0.05) is 0 Å². The molecule has 3 nitrogen and oxygen atoms in total. The molecular formula is C13H20N2O. The number of hydrogen-bond donors (Lipinski definition) is 1. The Balaban J connectivity index is 2.20. The van der Waals surface area contributed by atoms with Crippen molar-refractivity contribution in [3.8, 4) is 5.75 Å². The Bertz CT molecular complexity index is 370. The number of methoxy groups -OCH3 is 1. The molecule has 0 saturated carbocycles. The van der Waals surface area contributed by atoms with Crippen LogP contribution in [0, 0.1) is 19.8 Å². The average Bonchev–Trinajstić information content (AvgIpc) is 2.76. The van der Waals surface area contributed by atoms with Crippen LogP contribution >= 0.6 is 0 Å². The summed E-state index contributed by atoms with van der Waals surface area (Å²) in [6, 6.07) is 0. The van der Waals surface area contributed by atoms with Gasteiger partial charge in [0.2, 0.25) is 0 Å². The minimum absolute atomic E-state index is 0.735. The number of ether oxygens (including phenoxy) is 1. The summed E-state index contributed by atoms with van der Waals surface area (Å²) in [5.74, 6) is 1.73. The van der Waals surface area contributed by atoms with Crippen molar-refractivity contribution in [3.05, 3.63) is 23.0 Å². The standard InChI is InChI=1S/C13H20N2O/c1-9-7-15-12(10(2)13(9)16-3)6-11-4-5-14-8-11/h7,11,14H,4-6,8H2,1-3H3. The molecule has 88 valence electrons. The molecule has 1 aromatic heterocycles. The van der Waals surface area contributed by atoms with Gasteiger partial charge in [-0.05, 0) is 45.7 Å². The summed E-state index contributed by atoms with van der Waals surface area (Å²) in [7, 11) is 1.73. The topological polar surface area (TPSA) is 34.1 Å². The predicted molar refractivity (Wildman–Crippen MR) is 64.9 cm³/mol. The molecule has 2 heterocycles. The third-order valence-electron chi connectivity index (χ3n) is 3.39. The minimum Gasteiger partial charge on any atom is -0.496 e. The molecule has 1 unspecified atom stereocenters. The van der Waals surface area contributed by atoms with E-state index < -0.39 is 0 Å². The molecule has 2 rings (SSSR count). The van der Waals surface area contributed by atoms with Crippen LogP contribution in [0.5, 0.6) is 5.75 Å². The third-order valence-corrected chi connectivity index (χ3v) is 3.39. The molecule has 0 bridgehead atoms. The van der Waals surface area contributed by atoms with Gasteiger partial charge < -0.3 is 10.1 Å². The van der Waals surface area contributed by atoms with E-state index in [1.54, 1.807) is 7.11 Å². The SMILES string of the molecule is COc1c(C)cnc(CC2CCNC2)c1C. The van der Waals surface area contributed by atoms with Gasteiger partial charge >= 0.3 is 0 Å². The van der Waals surface area contributed by atoms with Crippen LogP contribution in [0.25, 0.3) is 0 Å². The Morgan fingerprint density at radius 1 is 1.50 bits per heavy atom. The molecule has 1 atom stereocenters. The zero-order valence-corrected chi connectivity index (χ0v) is 10.3. The van der Waals surface area contributed by atoms with Crippen molar-refractivity contribution in [1.82, 2.24) is 10.3 Å². The van der Waals surface area contributed by atoms with E-state index in [0.29, 0.717) is 0 Å². The van der Waals surface area contributed by atoms with Gasteiger partial charge in [-0.25, -0.2) is 0 Å². The second-order valence-corrected chi connectivity index (χ2v) is 4.61. The molecule has 1 aliphatic heterocycles. The first-order valence-electron chi connectivity index (χ1n) is 5.92. The highest BCUT2D eigenvalue weighted by Gasteiger charge is 2.18. The summed E-state index contributed by atoms with van der Waals surface area (Å²) >= 11 is 0. The number of rotatable bonds is 3. The maximum Gasteiger partial charge on any atom is 0.128 e. The molecule has 0 amide bonds. The molecule has 1 saturated heterocycles. The van der Waals surface area contributed by atoms with Crippen molar-refractivity contribution in [1.29, 1.82) is 0 Å². The second-order valence-electron chi connectivity index (χ2n) is 4.61. The van der Waals surface area contributed by atoms with E-state index in [1.807, 2.05) is 13.1 Å². The van der Waals surface area contributed by atoms with E-state index in [1.165, 1.54) is 17.7 Å². The van der Waals surface area contributed by atoms with Crippen molar-refractivity contribution in [2.24, 2.45) is 5.92 Å². The molecule has 0 aliphatic carbocycles. The number of aryl methyl sites for hydroxylation is 1. The summed E-state index contributed by atoms with van der Waals surface area (Å²) in [5.41, 5.74) is 3.51. The highest BCUT2D eigenvalue weighted by Crippen LogP contribution is 2.26. The maximum absolute atomic E-state index is 5.43. The Labute approximate surface area is 97.2 Å². The molecule has 3 heteroatoms. The Kier molecular flexibility index (Phi) is 3.44. The van der Waals surface area contributed by atoms with Crippen molar-refractivity contribution < 1.29 is 4.74 Å². The fraction of sp³-hybridized carbons (Fsp3) is 0.615. The van der Waals surface area contributed by atoms with Crippen molar-refractivity contribution in [2.45, 2.75) is 26.7 Å². The maximum atomic E-state index is 5.43. The van der Waals surface area contributed by atoms with E-state index in [9.17, 15) is 0 Å². The van der Waals surface area contributed by atoms with Crippen molar-refractivity contribution in [3.63, 3.8) is 0 Å². The summed E-state index contributed by atoms with van der Waals surface area (Å²) < 4.78 is 5.43. The van der Waals surface area contributed by atoms with Crippen LogP contribution < -0.4 is 10.1 Å². The first kappa shape index (κ1) is 11.4. The number of pyridine rings is 1. The number of hydrogen-bond acceptors (Lipinski definition) is 3. The lowest BCUT2D eigenvalue weighted by molar-refractivity contribution is 0.406. The van der Waals surface area contributed by atoms with Gasteiger partial charge in [0.05, 0.1) is 7.11 Å². The number of aromatic nitrogens is 1. The first-order chi connectivity index (χ1) is 7.72. The quantitative estimate of drug-likeness (QED) is 0.844. The van der Waals surface area contributed by atoms with Crippen molar-refractivity contribution in [2.75, 3.05) is 20.2 Å². The molecule has 0 radical (unpaired) electrons. The second kappa shape index (κ2) is 4.83. The molecule has 0 aromatic carbocycles. The summed E-state index contributed by atoms with van der Waals surface area (Å²) in [5, 5.41) is 3.39. The Hall–Kier alpha value is -1.09. The van der Waals surface area contributed by atoms with Crippen LogP contribution in [-0.4, -0.2) is 25.2 Å². The van der Waals surface area contributed by atoms with Gasteiger partial charge in [0, 0.05) is 23.0 Å². The van der Waals surface area contributed by atoms with Gasteiger partial charge in [-0.15, -0.1) is 0 Å². The van der Waals surface area contributed by atoms with Crippen LogP contribution in [0.3, 0.4) is 0 Å². The normalized spacial score (nSPS) is 20.1. The Morgan fingerprint density at radius 3 is 2.94 bits per heavy atom. The largest absolute Gasteiger partial charge is 0.496 e. The molecule has 0 spiro atoms. The number of nitrogens with one attached hydrogen (secondary N) is 1. The highest BCUT2D eigenvalue weighted by molar-refractivity contribution is 5.41. The third kappa shape index (κ3) is 2.19. The molecule has 16 heavy (non-hydrogen) atoms. The molecule has 1 aliphatic rings. The number of nitrogens with zero attached hydrogens (tertiary/aromatic N) is 1. The monoisotopic (exact) mass is 220 g/mol. The fourth-order valence-electron chi connectivity index (χ4n) is 2.44. The average molecular weight is 220 g/mol. The van der Waals surface area contributed by atoms with Crippen LogP contribution in [-0.2, 0) is 6.42 Å². The van der Waals surface area contributed by atoms with E-state index in [-0.39, 0.29) is 0 Å². The first-order valence-corrected chi connectivity index (χ1v) is 5.92. The van der Waals surface area contributed by atoms with Crippen LogP contribution in [0.4, 0.5) is 0 Å².